The molecule has 0 unspecified atom stereocenters. The van der Waals surface area contributed by atoms with Gasteiger partial charge in [0.2, 0.25) is 0 Å². The van der Waals surface area contributed by atoms with Crippen LogP contribution in [0.2, 0.25) is 0 Å². The van der Waals surface area contributed by atoms with E-state index < -0.39 is 0 Å². The summed E-state index contributed by atoms with van der Waals surface area (Å²) in [4.78, 5) is 10.8. The Morgan fingerprint density at radius 2 is 2.07 bits per heavy atom. The molecule has 0 aromatic carbocycles. The molecule has 0 fully saturated rings. The fraction of sp³-hybridized carbons (Fsp3) is 0.667. The summed E-state index contributed by atoms with van der Waals surface area (Å²) in [6.45, 7) is 9.39. The van der Waals surface area contributed by atoms with Gasteiger partial charge in [-0.15, -0.1) is 0 Å². The van der Waals surface area contributed by atoms with Gasteiger partial charge >= 0.3 is 0 Å². The third kappa shape index (κ3) is 3.18. The molecule has 0 saturated carbocycles. The van der Waals surface area contributed by atoms with Crippen molar-refractivity contribution >= 4 is 6.29 Å². The summed E-state index contributed by atoms with van der Waals surface area (Å²) in [6.07, 6.45) is 3.84. The molecular formula is C12H20N2O. The van der Waals surface area contributed by atoms with E-state index in [0.29, 0.717) is 11.8 Å². The average molecular weight is 208 g/mol. The fourth-order valence-electron chi connectivity index (χ4n) is 1.50. The summed E-state index contributed by atoms with van der Waals surface area (Å²) in [5, 5.41) is 4.44. The van der Waals surface area contributed by atoms with E-state index in [-0.39, 0.29) is 0 Å². The second-order valence-corrected chi connectivity index (χ2v) is 4.69. The maximum Gasteiger partial charge on any atom is 0.153 e. The lowest BCUT2D eigenvalue weighted by molar-refractivity contribution is 0.112. The quantitative estimate of drug-likeness (QED) is 0.697. The Balaban J connectivity index is 2.78. The van der Waals surface area contributed by atoms with Crippen LogP contribution in [0.15, 0.2) is 6.20 Å². The molecule has 0 aliphatic rings. The molecule has 0 N–H and O–H groups in total. The third-order valence-corrected chi connectivity index (χ3v) is 2.43. The Labute approximate surface area is 91.5 Å². The third-order valence-electron chi connectivity index (χ3n) is 2.43. The standard InChI is InChI=1S/C12H20N2O/c1-9(2)5-6-14-7-11(8-15)12(13-14)10(3)4/h7-10H,5-6H2,1-4H3. The van der Waals surface area contributed by atoms with Crippen LogP contribution in [0.25, 0.3) is 0 Å². The van der Waals surface area contributed by atoms with Crippen LogP contribution in [0, 0.1) is 5.92 Å². The predicted molar refractivity (Wildman–Crippen MR) is 61.2 cm³/mol. The highest BCUT2D eigenvalue weighted by molar-refractivity contribution is 5.76. The van der Waals surface area contributed by atoms with Crippen LogP contribution in [-0.4, -0.2) is 16.1 Å². The van der Waals surface area contributed by atoms with Gasteiger partial charge in [0.25, 0.3) is 0 Å². The van der Waals surface area contributed by atoms with Crippen molar-refractivity contribution in [2.75, 3.05) is 0 Å². The Kier molecular flexibility index (Phi) is 4.06. The molecule has 1 aromatic heterocycles. The molecule has 0 aliphatic heterocycles. The number of carbonyl (C=O) groups excluding carboxylic acids is 1. The van der Waals surface area contributed by atoms with Gasteiger partial charge in [0.15, 0.2) is 6.29 Å². The minimum absolute atomic E-state index is 0.311. The van der Waals surface area contributed by atoms with Gasteiger partial charge in [-0.2, -0.15) is 5.10 Å². The molecular weight excluding hydrogens is 188 g/mol. The molecule has 0 radical (unpaired) electrons. The summed E-state index contributed by atoms with van der Waals surface area (Å²) in [5.74, 6) is 0.974. The molecule has 1 rings (SSSR count). The Hall–Kier alpha value is -1.12. The first kappa shape index (κ1) is 12.0. The number of aromatic nitrogens is 2. The molecule has 0 saturated heterocycles. The van der Waals surface area contributed by atoms with E-state index in [1.165, 1.54) is 0 Å². The zero-order chi connectivity index (χ0) is 11.4. The summed E-state index contributed by atoms with van der Waals surface area (Å²) in [5.41, 5.74) is 1.64. The van der Waals surface area contributed by atoms with Crippen molar-refractivity contribution in [3.63, 3.8) is 0 Å². The SMILES string of the molecule is CC(C)CCn1cc(C=O)c(C(C)C)n1. The van der Waals surface area contributed by atoms with Gasteiger partial charge < -0.3 is 0 Å². The number of aryl methyl sites for hydroxylation is 1. The van der Waals surface area contributed by atoms with E-state index in [9.17, 15) is 4.79 Å². The molecule has 1 heterocycles. The Morgan fingerprint density at radius 3 is 2.47 bits per heavy atom. The van der Waals surface area contributed by atoms with Crippen molar-refractivity contribution in [2.45, 2.75) is 46.6 Å². The number of hydrogen-bond acceptors (Lipinski definition) is 2. The van der Waals surface area contributed by atoms with Gasteiger partial charge in [0, 0.05) is 12.7 Å². The van der Waals surface area contributed by atoms with Crippen LogP contribution in [0.4, 0.5) is 0 Å². The van der Waals surface area contributed by atoms with Crippen molar-refractivity contribution in [3.05, 3.63) is 17.5 Å². The number of nitrogens with zero attached hydrogens (tertiary/aromatic N) is 2. The monoisotopic (exact) mass is 208 g/mol. The van der Waals surface area contributed by atoms with E-state index in [1.54, 1.807) is 0 Å². The molecule has 1 aromatic rings. The molecule has 0 amide bonds. The van der Waals surface area contributed by atoms with E-state index in [4.69, 9.17) is 0 Å². The predicted octanol–water partition coefficient (Wildman–Crippen LogP) is 2.87. The van der Waals surface area contributed by atoms with Gasteiger partial charge in [-0.05, 0) is 18.3 Å². The summed E-state index contributed by atoms with van der Waals surface area (Å²) >= 11 is 0. The lowest BCUT2D eigenvalue weighted by Crippen LogP contribution is -2.03. The highest BCUT2D eigenvalue weighted by Crippen LogP contribution is 2.16. The highest BCUT2D eigenvalue weighted by atomic mass is 16.1. The Bertz CT molecular complexity index is 326. The van der Waals surface area contributed by atoms with Gasteiger partial charge in [0.05, 0.1) is 11.3 Å². The smallest absolute Gasteiger partial charge is 0.153 e. The minimum atomic E-state index is 0.311. The zero-order valence-electron chi connectivity index (χ0n) is 10.0. The zero-order valence-corrected chi connectivity index (χ0v) is 10.0. The maximum atomic E-state index is 10.8. The van der Waals surface area contributed by atoms with E-state index in [1.807, 2.05) is 10.9 Å². The second-order valence-electron chi connectivity index (χ2n) is 4.69. The van der Waals surface area contributed by atoms with Crippen LogP contribution in [-0.2, 0) is 6.54 Å². The maximum absolute atomic E-state index is 10.8. The normalized spacial score (nSPS) is 11.3. The van der Waals surface area contributed by atoms with Crippen molar-refractivity contribution in [3.8, 4) is 0 Å². The minimum Gasteiger partial charge on any atom is -0.298 e. The lowest BCUT2D eigenvalue weighted by atomic mass is 10.1. The second kappa shape index (κ2) is 5.10. The lowest BCUT2D eigenvalue weighted by Gasteiger charge is -2.04. The Morgan fingerprint density at radius 1 is 1.40 bits per heavy atom. The van der Waals surface area contributed by atoms with Crippen LogP contribution < -0.4 is 0 Å². The molecule has 3 nitrogen and oxygen atoms in total. The number of hydrogen-bond donors (Lipinski definition) is 0. The molecule has 3 heteroatoms. The largest absolute Gasteiger partial charge is 0.298 e. The summed E-state index contributed by atoms with van der Waals surface area (Å²) < 4.78 is 1.89. The van der Waals surface area contributed by atoms with Gasteiger partial charge in [0.1, 0.15) is 0 Å². The summed E-state index contributed by atoms with van der Waals surface area (Å²) in [7, 11) is 0. The number of rotatable bonds is 5. The first-order valence-corrected chi connectivity index (χ1v) is 5.57. The van der Waals surface area contributed by atoms with Crippen molar-refractivity contribution in [1.29, 1.82) is 0 Å². The first-order chi connectivity index (χ1) is 7.04. The van der Waals surface area contributed by atoms with E-state index in [2.05, 4.69) is 32.8 Å². The van der Waals surface area contributed by atoms with Gasteiger partial charge in [-0.25, -0.2) is 0 Å². The molecule has 0 spiro atoms. The van der Waals surface area contributed by atoms with Gasteiger partial charge in [-0.1, -0.05) is 27.7 Å². The van der Waals surface area contributed by atoms with Crippen molar-refractivity contribution < 1.29 is 4.79 Å². The highest BCUT2D eigenvalue weighted by Gasteiger charge is 2.11. The van der Waals surface area contributed by atoms with E-state index >= 15 is 0 Å². The molecule has 0 atom stereocenters. The first-order valence-electron chi connectivity index (χ1n) is 5.57. The van der Waals surface area contributed by atoms with Crippen LogP contribution >= 0.6 is 0 Å². The van der Waals surface area contributed by atoms with Crippen LogP contribution in [0.1, 0.15) is 56.1 Å². The topological polar surface area (TPSA) is 34.9 Å². The molecule has 0 aliphatic carbocycles. The molecule has 0 bridgehead atoms. The summed E-state index contributed by atoms with van der Waals surface area (Å²) in [6, 6.07) is 0. The van der Waals surface area contributed by atoms with Crippen LogP contribution in [0.3, 0.4) is 0 Å². The van der Waals surface area contributed by atoms with E-state index in [0.717, 1.165) is 30.5 Å². The van der Waals surface area contributed by atoms with Crippen molar-refractivity contribution in [2.24, 2.45) is 5.92 Å². The number of carbonyl (C=O) groups is 1. The van der Waals surface area contributed by atoms with Crippen molar-refractivity contribution in [1.82, 2.24) is 9.78 Å². The number of aldehydes is 1. The van der Waals surface area contributed by atoms with Gasteiger partial charge in [-0.3, -0.25) is 9.48 Å². The average Bonchev–Trinajstić information content (AvgIpc) is 2.57. The van der Waals surface area contributed by atoms with Crippen LogP contribution in [0.5, 0.6) is 0 Å². The fourth-order valence-corrected chi connectivity index (χ4v) is 1.50. The molecule has 15 heavy (non-hydrogen) atoms. The molecule has 84 valence electrons.